The average molecular weight is 478 g/mol. The molecule has 2 N–H and O–H groups in total. The molecule has 174 valence electrons. The number of nitrogens with one attached hydrogen (secondary N) is 1. The maximum atomic E-state index is 15.0. The smallest absolute Gasteiger partial charge is 0.252 e. The quantitative estimate of drug-likeness (QED) is 0.509. The van der Waals surface area contributed by atoms with Crippen LogP contribution in [-0.4, -0.2) is 39.9 Å². The molecule has 1 aliphatic rings. The minimum absolute atomic E-state index is 0.135. The van der Waals surface area contributed by atoms with Crippen LogP contribution in [0.2, 0.25) is 5.02 Å². The van der Waals surface area contributed by atoms with Crippen LogP contribution < -0.4 is 5.32 Å². The molecule has 0 unspecified atom stereocenters. The van der Waals surface area contributed by atoms with Crippen molar-refractivity contribution in [1.82, 2.24) is 10.3 Å². The Hall–Kier alpha value is -3.35. The molecule has 0 radical (unpaired) electrons. The fourth-order valence-corrected chi connectivity index (χ4v) is 3.96. The van der Waals surface area contributed by atoms with Crippen LogP contribution in [-0.2, 0) is 6.42 Å². The molecule has 0 saturated heterocycles. The number of halogens is 2. The van der Waals surface area contributed by atoms with Gasteiger partial charge in [-0.2, -0.15) is 0 Å². The number of allylic oxidation sites excluding steroid dienone is 1. The van der Waals surface area contributed by atoms with E-state index in [1.807, 2.05) is 24.3 Å². The molecule has 0 fully saturated rings. The number of hydrogen-bond donors (Lipinski definition) is 2. The van der Waals surface area contributed by atoms with Crippen LogP contribution in [0.15, 0.2) is 77.9 Å². The second-order valence-electron chi connectivity index (χ2n) is 8.75. The van der Waals surface area contributed by atoms with Crippen molar-refractivity contribution in [3.8, 4) is 0 Å². The Morgan fingerprint density at radius 3 is 2.59 bits per heavy atom. The van der Waals surface area contributed by atoms with Crippen molar-refractivity contribution in [3.05, 3.63) is 106 Å². The van der Waals surface area contributed by atoms with E-state index in [1.165, 1.54) is 12.1 Å². The Bertz CT molecular complexity index is 1250. The Balaban J connectivity index is 1.62. The Labute approximate surface area is 203 Å². The van der Waals surface area contributed by atoms with Crippen LogP contribution in [0.4, 0.5) is 4.39 Å². The lowest BCUT2D eigenvalue weighted by molar-refractivity contribution is 0.0347. The monoisotopic (exact) mass is 477 g/mol. The van der Waals surface area contributed by atoms with E-state index in [-0.39, 0.29) is 11.1 Å². The molecule has 5 nitrogen and oxygen atoms in total. The number of carbonyl (C=O) groups excluding carboxylic acids is 1. The van der Waals surface area contributed by atoms with Gasteiger partial charge < -0.3 is 10.4 Å². The first kappa shape index (κ1) is 23.8. The molecule has 1 amide bonds. The van der Waals surface area contributed by atoms with E-state index < -0.39 is 23.4 Å². The molecule has 4 rings (SSSR count). The van der Waals surface area contributed by atoms with Gasteiger partial charge in [0.15, 0.2) is 0 Å². The number of aromatic nitrogens is 1. The van der Waals surface area contributed by atoms with Crippen molar-refractivity contribution < 1.29 is 14.3 Å². The SMILES string of the molecule is CC(C)(O)[C@@H](Cc1ccccn1)NC(=O)c1cccc(F)c1C1=NCC(c2ccc(Cl)cc2)=C1. The number of amides is 1. The number of aliphatic hydroxyl groups is 1. The van der Waals surface area contributed by atoms with Gasteiger partial charge in [0.2, 0.25) is 0 Å². The molecule has 0 spiro atoms. The van der Waals surface area contributed by atoms with E-state index in [0.29, 0.717) is 23.7 Å². The minimum Gasteiger partial charge on any atom is -0.388 e. The summed E-state index contributed by atoms with van der Waals surface area (Å²) in [5.41, 5.74) is 2.03. The first-order valence-corrected chi connectivity index (χ1v) is 11.3. The fraction of sp³-hybridized carbons (Fsp3) is 0.222. The summed E-state index contributed by atoms with van der Waals surface area (Å²) in [7, 11) is 0. The van der Waals surface area contributed by atoms with Crippen molar-refractivity contribution in [2.45, 2.75) is 31.9 Å². The largest absolute Gasteiger partial charge is 0.388 e. The van der Waals surface area contributed by atoms with E-state index in [9.17, 15) is 14.3 Å². The molecule has 7 heteroatoms. The lowest BCUT2D eigenvalue weighted by Crippen LogP contribution is -2.50. The summed E-state index contributed by atoms with van der Waals surface area (Å²) in [4.78, 5) is 22.1. The normalized spacial score (nSPS) is 14.4. The first-order valence-electron chi connectivity index (χ1n) is 11.0. The molecule has 34 heavy (non-hydrogen) atoms. The number of benzene rings is 2. The van der Waals surface area contributed by atoms with Gasteiger partial charge in [-0.1, -0.05) is 35.9 Å². The molecule has 2 heterocycles. The van der Waals surface area contributed by atoms with E-state index in [0.717, 1.165) is 16.8 Å². The number of pyridine rings is 1. The van der Waals surface area contributed by atoms with Crippen LogP contribution in [0, 0.1) is 5.82 Å². The first-order chi connectivity index (χ1) is 16.2. The van der Waals surface area contributed by atoms with Crippen LogP contribution >= 0.6 is 11.6 Å². The fourth-order valence-electron chi connectivity index (χ4n) is 3.83. The number of aliphatic imine (C=N–C) groups is 1. The zero-order valence-corrected chi connectivity index (χ0v) is 19.7. The van der Waals surface area contributed by atoms with Crippen molar-refractivity contribution in [3.63, 3.8) is 0 Å². The van der Waals surface area contributed by atoms with Crippen LogP contribution in [0.25, 0.3) is 5.57 Å². The number of hydrogen-bond acceptors (Lipinski definition) is 4. The maximum absolute atomic E-state index is 15.0. The zero-order chi connectivity index (χ0) is 24.3. The van der Waals surface area contributed by atoms with Gasteiger partial charge in [0.05, 0.1) is 29.5 Å². The Morgan fingerprint density at radius 1 is 1.15 bits per heavy atom. The third-order valence-corrected chi connectivity index (χ3v) is 6.01. The molecule has 0 saturated carbocycles. The van der Waals surface area contributed by atoms with Crippen LogP contribution in [0.3, 0.4) is 0 Å². The topological polar surface area (TPSA) is 74.6 Å². The van der Waals surface area contributed by atoms with Gasteiger partial charge in [0.1, 0.15) is 5.82 Å². The number of nitrogens with zero attached hydrogens (tertiary/aromatic N) is 2. The summed E-state index contributed by atoms with van der Waals surface area (Å²) in [6.07, 6.45) is 3.77. The van der Waals surface area contributed by atoms with Crippen LogP contribution in [0.5, 0.6) is 0 Å². The van der Waals surface area contributed by atoms with E-state index >= 15 is 0 Å². The molecule has 0 bridgehead atoms. The summed E-state index contributed by atoms with van der Waals surface area (Å²) in [5.74, 6) is -1.03. The highest BCUT2D eigenvalue weighted by atomic mass is 35.5. The third kappa shape index (κ3) is 5.41. The molecule has 1 aromatic heterocycles. The summed E-state index contributed by atoms with van der Waals surface area (Å²) in [6.45, 7) is 3.61. The summed E-state index contributed by atoms with van der Waals surface area (Å²) >= 11 is 5.98. The van der Waals surface area contributed by atoms with E-state index in [4.69, 9.17) is 11.6 Å². The van der Waals surface area contributed by atoms with Crippen molar-refractivity contribution in [2.24, 2.45) is 4.99 Å². The van der Waals surface area contributed by atoms with Crippen molar-refractivity contribution in [1.29, 1.82) is 0 Å². The molecule has 3 aromatic rings. The Morgan fingerprint density at radius 2 is 1.91 bits per heavy atom. The average Bonchev–Trinajstić information content (AvgIpc) is 3.28. The van der Waals surface area contributed by atoms with Gasteiger partial charge in [-0.15, -0.1) is 0 Å². The second kappa shape index (κ2) is 9.87. The maximum Gasteiger partial charge on any atom is 0.252 e. The van der Waals surface area contributed by atoms with E-state index in [1.54, 1.807) is 50.4 Å². The molecular formula is C27H25ClFN3O2. The summed E-state index contributed by atoms with van der Waals surface area (Å²) in [6, 6.07) is 16.5. The standard InChI is InChI=1S/C27H25ClFN3O2/c1-27(2,34)24(15-20-6-3-4-13-30-20)32-26(33)21-7-5-8-22(29)25(21)23-14-18(16-31-23)17-9-11-19(28)12-10-17/h3-14,24,34H,15-16H2,1-2H3,(H,32,33)/t24-/m1/s1. The molecule has 0 aliphatic carbocycles. The lowest BCUT2D eigenvalue weighted by Gasteiger charge is -2.30. The predicted octanol–water partition coefficient (Wildman–Crippen LogP) is 4.87. The van der Waals surface area contributed by atoms with Gasteiger partial charge in [-0.25, -0.2) is 4.39 Å². The minimum atomic E-state index is -1.23. The van der Waals surface area contributed by atoms with Gasteiger partial charge in [0.25, 0.3) is 5.91 Å². The molecule has 1 aliphatic heterocycles. The third-order valence-electron chi connectivity index (χ3n) is 5.76. The lowest BCUT2D eigenvalue weighted by atomic mass is 9.93. The second-order valence-corrected chi connectivity index (χ2v) is 9.18. The van der Waals surface area contributed by atoms with Gasteiger partial charge >= 0.3 is 0 Å². The molecular weight excluding hydrogens is 453 g/mol. The van der Waals surface area contributed by atoms with Crippen LogP contribution in [0.1, 0.15) is 41.0 Å². The summed E-state index contributed by atoms with van der Waals surface area (Å²) in [5, 5.41) is 14.2. The van der Waals surface area contributed by atoms with Gasteiger partial charge in [-0.3, -0.25) is 14.8 Å². The Kier molecular flexibility index (Phi) is 6.91. The van der Waals surface area contributed by atoms with Gasteiger partial charge in [0, 0.05) is 28.9 Å². The van der Waals surface area contributed by atoms with Crippen molar-refractivity contribution >= 4 is 28.8 Å². The summed E-state index contributed by atoms with van der Waals surface area (Å²) < 4.78 is 15.0. The van der Waals surface area contributed by atoms with E-state index in [2.05, 4.69) is 15.3 Å². The molecule has 2 aromatic carbocycles. The molecule has 1 atom stereocenters. The number of carbonyl (C=O) groups is 1. The number of rotatable bonds is 7. The highest BCUT2D eigenvalue weighted by Crippen LogP contribution is 2.26. The predicted molar refractivity (Wildman–Crippen MR) is 133 cm³/mol. The van der Waals surface area contributed by atoms with Gasteiger partial charge in [-0.05, 0) is 67.5 Å². The zero-order valence-electron chi connectivity index (χ0n) is 18.9. The highest BCUT2D eigenvalue weighted by molar-refractivity contribution is 6.30. The van der Waals surface area contributed by atoms with Crippen molar-refractivity contribution in [2.75, 3.05) is 6.54 Å². The highest BCUT2D eigenvalue weighted by Gasteiger charge is 2.31.